The summed E-state index contributed by atoms with van der Waals surface area (Å²) < 4.78 is 5.64. The molecule has 0 spiro atoms. The summed E-state index contributed by atoms with van der Waals surface area (Å²) in [6.45, 7) is 0. The average Bonchev–Trinajstić information content (AvgIpc) is 2.08. The van der Waals surface area contributed by atoms with E-state index in [9.17, 15) is 0 Å². The highest BCUT2D eigenvalue weighted by Gasteiger charge is 2.05. The molecule has 0 atom stereocenters. The number of benzene rings is 1. The molecule has 0 saturated carbocycles. The lowest BCUT2D eigenvalue weighted by Crippen LogP contribution is -1.86. The molecule has 0 saturated heterocycles. The molecule has 0 amide bonds. The highest BCUT2D eigenvalue weighted by Crippen LogP contribution is 2.30. The number of rotatable bonds is 1. The van der Waals surface area contributed by atoms with Crippen LogP contribution in [0.5, 0.6) is 5.75 Å². The summed E-state index contributed by atoms with van der Waals surface area (Å²) in [7, 11) is 1.53. The molecule has 0 fully saturated rings. The standard InChI is InChI=1S/C8H5BrClNO/c1-12-8-3-6(9)5(4-11)2-7(8)10/h2-3H,1H3. The SMILES string of the molecule is COc1cc(Br)c(C#N)cc1Cl. The molecule has 1 aromatic rings. The van der Waals surface area contributed by atoms with Crippen LogP contribution in [0, 0.1) is 11.3 Å². The van der Waals surface area contributed by atoms with Gasteiger partial charge in [0.1, 0.15) is 11.8 Å². The fraction of sp³-hybridized carbons (Fsp3) is 0.125. The summed E-state index contributed by atoms with van der Waals surface area (Å²) in [5.74, 6) is 0.558. The highest BCUT2D eigenvalue weighted by molar-refractivity contribution is 9.10. The topological polar surface area (TPSA) is 33.0 Å². The van der Waals surface area contributed by atoms with Gasteiger partial charge in [-0.25, -0.2) is 0 Å². The van der Waals surface area contributed by atoms with Crippen LogP contribution in [0.3, 0.4) is 0 Å². The maximum absolute atomic E-state index is 8.63. The zero-order valence-electron chi connectivity index (χ0n) is 6.27. The Morgan fingerprint density at radius 3 is 2.75 bits per heavy atom. The molecular formula is C8H5BrClNO. The monoisotopic (exact) mass is 245 g/mol. The second-order valence-electron chi connectivity index (χ2n) is 2.08. The molecule has 2 nitrogen and oxygen atoms in total. The van der Waals surface area contributed by atoms with E-state index < -0.39 is 0 Å². The fourth-order valence-corrected chi connectivity index (χ4v) is 1.42. The van der Waals surface area contributed by atoms with Crippen LogP contribution >= 0.6 is 27.5 Å². The molecule has 1 aromatic carbocycles. The molecule has 0 aliphatic rings. The van der Waals surface area contributed by atoms with Crippen LogP contribution in [0.15, 0.2) is 16.6 Å². The molecule has 4 heteroatoms. The molecule has 62 valence electrons. The number of hydrogen-bond acceptors (Lipinski definition) is 2. The molecule has 0 radical (unpaired) electrons. The van der Waals surface area contributed by atoms with Crippen LogP contribution in [0.1, 0.15) is 5.56 Å². The Morgan fingerprint density at radius 1 is 1.58 bits per heavy atom. The summed E-state index contributed by atoms with van der Waals surface area (Å²) in [5, 5.41) is 9.07. The molecule has 0 N–H and O–H groups in total. The number of methoxy groups -OCH3 is 1. The minimum atomic E-state index is 0.442. The average molecular weight is 246 g/mol. The van der Waals surface area contributed by atoms with Crippen LogP contribution in [-0.4, -0.2) is 7.11 Å². The smallest absolute Gasteiger partial charge is 0.138 e. The third kappa shape index (κ3) is 1.71. The molecule has 0 heterocycles. The van der Waals surface area contributed by atoms with Crippen LogP contribution in [0.4, 0.5) is 0 Å². The van der Waals surface area contributed by atoms with Crippen molar-refractivity contribution >= 4 is 27.5 Å². The Balaban J connectivity index is 3.28. The Morgan fingerprint density at radius 2 is 2.25 bits per heavy atom. The van der Waals surface area contributed by atoms with Gasteiger partial charge in [0, 0.05) is 4.47 Å². The first-order valence-electron chi connectivity index (χ1n) is 3.12. The van der Waals surface area contributed by atoms with Crippen LogP contribution in [-0.2, 0) is 0 Å². The minimum absolute atomic E-state index is 0.442. The van der Waals surface area contributed by atoms with Crippen molar-refractivity contribution in [3.05, 3.63) is 27.2 Å². The van der Waals surface area contributed by atoms with Gasteiger partial charge in [-0.1, -0.05) is 11.6 Å². The number of halogens is 2. The van der Waals surface area contributed by atoms with E-state index in [0.29, 0.717) is 20.8 Å². The van der Waals surface area contributed by atoms with Gasteiger partial charge in [-0.15, -0.1) is 0 Å². The van der Waals surface area contributed by atoms with E-state index in [2.05, 4.69) is 15.9 Å². The second-order valence-corrected chi connectivity index (χ2v) is 3.34. The number of ether oxygens (including phenoxy) is 1. The Hall–Kier alpha value is -0.720. The van der Waals surface area contributed by atoms with Crippen LogP contribution in [0.2, 0.25) is 5.02 Å². The minimum Gasteiger partial charge on any atom is -0.495 e. The van der Waals surface area contributed by atoms with Crippen molar-refractivity contribution in [2.24, 2.45) is 0 Å². The van der Waals surface area contributed by atoms with Crippen molar-refractivity contribution in [2.45, 2.75) is 0 Å². The zero-order chi connectivity index (χ0) is 9.14. The van der Waals surface area contributed by atoms with Gasteiger partial charge in [-0.05, 0) is 28.1 Å². The Bertz CT molecular complexity index is 345. The second kappa shape index (κ2) is 3.79. The van der Waals surface area contributed by atoms with Gasteiger partial charge in [0.15, 0.2) is 0 Å². The van der Waals surface area contributed by atoms with Gasteiger partial charge in [-0.2, -0.15) is 5.26 Å². The predicted molar refractivity (Wildman–Crippen MR) is 50.4 cm³/mol. The molecule has 0 bridgehead atoms. The van der Waals surface area contributed by atoms with E-state index >= 15 is 0 Å². The Labute approximate surface area is 83.8 Å². The van der Waals surface area contributed by atoms with Crippen LogP contribution in [0.25, 0.3) is 0 Å². The number of nitriles is 1. The van der Waals surface area contributed by atoms with Crippen molar-refractivity contribution in [3.63, 3.8) is 0 Å². The van der Waals surface area contributed by atoms with Gasteiger partial charge in [0.2, 0.25) is 0 Å². The molecule has 1 rings (SSSR count). The Kier molecular flexibility index (Phi) is 2.96. The molecule has 12 heavy (non-hydrogen) atoms. The van der Waals surface area contributed by atoms with E-state index in [4.69, 9.17) is 21.6 Å². The first kappa shape index (κ1) is 9.37. The summed E-state index contributed by atoms with van der Waals surface area (Å²) in [5.41, 5.74) is 0.501. The van der Waals surface area contributed by atoms with Crippen molar-refractivity contribution in [1.82, 2.24) is 0 Å². The van der Waals surface area contributed by atoms with E-state index in [1.807, 2.05) is 6.07 Å². The van der Waals surface area contributed by atoms with E-state index in [1.165, 1.54) is 7.11 Å². The van der Waals surface area contributed by atoms with Crippen molar-refractivity contribution < 1.29 is 4.74 Å². The maximum Gasteiger partial charge on any atom is 0.138 e. The van der Waals surface area contributed by atoms with Gasteiger partial charge >= 0.3 is 0 Å². The van der Waals surface area contributed by atoms with E-state index in [-0.39, 0.29) is 0 Å². The summed E-state index contributed by atoms with van der Waals surface area (Å²) in [6, 6.07) is 5.23. The third-order valence-electron chi connectivity index (χ3n) is 1.36. The van der Waals surface area contributed by atoms with Gasteiger partial charge in [-0.3, -0.25) is 0 Å². The normalized spacial score (nSPS) is 9.17. The van der Waals surface area contributed by atoms with E-state index in [1.54, 1.807) is 12.1 Å². The summed E-state index contributed by atoms with van der Waals surface area (Å²) in [6.07, 6.45) is 0. The first-order valence-corrected chi connectivity index (χ1v) is 4.29. The largest absolute Gasteiger partial charge is 0.495 e. The quantitative estimate of drug-likeness (QED) is 0.763. The molecule has 0 aliphatic carbocycles. The predicted octanol–water partition coefficient (Wildman–Crippen LogP) is 2.98. The van der Waals surface area contributed by atoms with Crippen molar-refractivity contribution in [3.8, 4) is 11.8 Å². The van der Waals surface area contributed by atoms with Crippen molar-refractivity contribution in [1.29, 1.82) is 5.26 Å². The lowest BCUT2D eigenvalue weighted by Gasteiger charge is -2.03. The molecule has 0 aliphatic heterocycles. The third-order valence-corrected chi connectivity index (χ3v) is 2.31. The zero-order valence-corrected chi connectivity index (χ0v) is 8.61. The maximum atomic E-state index is 8.63. The number of hydrogen-bond donors (Lipinski definition) is 0. The van der Waals surface area contributed by atoms with Gasteiger partial charge < -0.3 is 4.74 Å². The van der Waals surface area contributed by atoms with Gasteiger partial charge in [0.05, 0.1) is 17.7 Å². The molecule has 0 unspecified atom stereocenters. The highest BCUT2D eigenvalue weighted by atomic mass is 79.9. The summed E-state index contributed by atoms with van der Waals surface area (Å²) in [4.78, 5) is 0. The first-order chi connectivity index (χ1) is 5.69. The van der Waals surface area contributed by atoms with Crippen LogP contribution < -0.4 is 4.74 Å². The number of nitrogens with zero attached hydrogens (tertiary/aromatic N) is 1. The van der Waals surface area contributed by atoms with E-state index in [0.717, 1.165) is 0 Å². The molecule has 0 aromatic heterocycles. The molecular weight excluding hydrogens is 241 g/mol. The lowest BCUT2D eigenvalue weighted by molar-refractivity contribution is 0.414. The van der Waals surface area contributed by atoms with Crippen molar-refractivity contribution in [2.75, 3.05) is 7.11 Å². The van der Waals surface area contributed by atoms with Gasteiger partial charge in [0.25, 0.3) is 0 Å². The lowest BCUT2D eigenvalue weighted by atomic mass is 10.2. The fourth-order valence-electron chi connectivity index (χ4n) is 0.771. The summed E-state index contributed by atoms with van der Waals surface area (Å²) >= 11 is 9.00.